The topological polar surface area (TPSA) is 73.8 Å². The highest BCUT2D eigenvalue weighted by molar-refractivity contribution is 6.21. The fourth-order valence-corrected chi connectivity index (χ4v) is 3.29. The number of rotatable bonds is 5. The Morgan fingerprint density at radius 2 is 1.79 bits per heavy atom. The number of nitrogens with zero attached hydrogens (tertiary/aromatic N) is 2. The summed E-state index contributed by atoms with van der Waals surface area (Å²) in [7, 11) is 0. The molecule has 3 rings (SSSR count). The summed E-state index contributed by atoms with van der Waals surface area (Å²) in [5, 5.41) is 6.66. The van der Waals surface area contributed by atoms with Gasteiger partial charge in [-0.2, -0.15) is 0 Å². The molecule has 24 heavy (non-hydrogen) atoms. The van der Waals surface area contributed by atoms with Crippen molar-refractivity contribution in [1.29, 1.82) is 0 Å². The van der Waals surface area contributed by atoms with Crippen LogP contribution in [0.3, 0.4) is 0 Å². The first-order valence-corrected chi connectivity index (χ1v) is 8.70. The molecule has 1 fully saturated rings. The van der Waals surface area contributed by atoms with Crippen LogP contribution in [0.2, 0.25) is 0 Å². The highest BCUT2D eigenvalue weighted by atomic mass is 16.2. The Balaban J connectivity index is 1.60. The predicted octanol–water partition coefficient (Wildman–Crippen LogP) is 1.78. The van der Waals surface area contributed by atoms with E-state index in [2.05, 4.69) is 15.6 Å². The van der Waals surface area contributed by atoms with E-state index in [-0.39, 0.29) is 11.8 Å². The zero-order valence-electron chi connectivity index (χ0n) is 14.0. The van der Waals surface area contributed by atoms with Crippen LogP contribution < -0.4 is 10.6 Å². The Morgan fingerprint density at radius 1 is 1.17 bits per heavy atom. The number of hydrogen-bond donors (Lipinski definition) is 2. The molecule has 2 amide bonds. The molecule has 2 aliphatic rings. The van der Waals surface area contributed by atoms with Gasteiger partial charge in [0, 0.05) is 19.1 Å². The lowest BCUT2D eigenvalue weighted by Gasteiger charge is -2.17. The average molecular weight is 328 g/mol. The van der Waals surface area contributed by atoms with Crippen LogP contribution in [0.5, 0.6) is 0 Å². The molecule has 0 unspecified atom stereocenters. The molecule has 1 aliphatic heterocycles. The molecule has 1 aromatic rings. The summed E-state index contributed by atoms with van der Waals surface area (Å²) < 4.78 is 0. The maximum atomic E-state index is 12.3. The largest absolute Gasteiger partial charge is 0.357 e. The van der Waals surface area contributed by atoms with Gasteiger partial charge in [-0.3, -0.25) is 19.5 Å². The predicted molar refractivity (Wildman–Crippen MR) is 93.2 cm³/mol. The van der Waals surface area contributed by atoms with Gasteiger partial charge in [0.1, 0.15) is 0 Å². The van der Waals surface area contributed by atoms with E-state index in [1.54, 1.807) is 24.3 Å². The molecule has 1 heterocycles. The van der Waals surface area contributed by atoms with Gasteiger partial charge in [-0.15, -0.1) is 0 Å². The summed E-state index contributed by atoms with van der Waals surface area (Å²) in [6, 6.07) is 7.43. The van der Waals surface area contributed by atoms with Gasteiger partial charge in [0.2, 0.25) is 0 Å². The standard InChI is InChI=1S/C18H24N4O2/c1-2-19-18(21-13-7-3-4-8-13)20-11-12-22-16(23)14-9-5-6-10-15(14)17(22)24/h5-6,9-10,13H,2-4,7-8,11-12H2,1H3,(H2,19,20,21). The molecule has 0 saturated heterocycles. The minimum Gasteiger partial charge on any atom is -0.357 e. The Bertz CT molecular complexity index is 615. The highest BCUT2D eigenvalue weighted by Crippen LogP contribution is 2.22. The minimum atomic E-state index is -0.223. The van der Waals surface area contributed by atoms with Crippen molar-refractivity contribution < 1.29 is 9.59 Å². The second-order valence-electron chi connectivity index (χ2n) is 6.19. The summed E-state index contributed by atoms with van der Waals surface area (Å²) in [6.07, 6.45) is 4.85. The average Bonchev–Trinajstić information content (AvgIpc) is 3.18. The number of nitrogens with one attached hydrogen (secondary N) is 2. The summed E-state index contributed by atoms with van der Waals surface area (Å²) in [4.78, 5) is 30.4. The number of guanidine groups is 1. The number of aliphatic imine (C=N–C) groups is 1. The van der Waals surface area contributed by atoms with Crippen molar-refractivity contribution in [3.63, 3.8) is 0 Å². The van der Waals surface area contributed by atoms with Gasteiger partial charge >= 0.3 is 0 Å². The van der Waals surface area contributed by atoms with Crippen LogP contribution in [-0.2, 0) is 0 Å². The van der Waals surface area contributed by atoms with E-state index in [0.717, 1.165) is 12.5 Å². The van der Waals surface area contributed by atoms with Crippen molar-refractivity contribution in [3.8, 4) is 0 Å². The lowest BCUT2D eigenvalue weighted by atomic mass is 10.1. The monoisotopic (exact) mass is 328 g/mol. The van der Waals surface area contributed by atoms with Gasteiger partial charge in [0.25, 0.3) is 11.8 Å². The second kappa shape index (κ2) is 7.47. The number of hydrogen-bond acceptors (Lipinski definition) is 3. The van der Waals surface area contributed by atoms with E-state index in [0.29, 0.717) is 30.3 Å². The van der Waals surface area contributed by atoms with E-state index in [9.17, 15) is 9.59 Å². The first kappa shape index (κ1) is 16.5. The van der Waals surface area contributed by atoms with Gasteiger partial charge in [-0.1, -0.05) is 25.0 Å². The van der Waals surface area contributed by atoms with Crippen molar-refractivity contribution in [2.24, 2.45) is 4.99 Å². The SMILES string of the molecule is CCNC(=NCCN1C(=O)c2ccccc2C1=O)NC1CCCC1. The van der Waals surface area contributed by atoms with Crippen LogP contribution in [0, 0.1) is 0 Å². The number of fused-ring (bicyclic) bond motifs is 1. The van der Waals surface area contributed by atoms with Crippen molar-refractivity contribution in [2.45, 2.75) is 38.6 Å². The van der Waals surface area contributed by atoms with Gasteiger partial charge in [0.05, 0.1) is 17.7 Å². The van der Waals surface area contributed by atoms with Crippen LogP contribution >= 0.6 is 0 Å². The molecule has 128 valence electrons. The maximum Gasteiger partial charge on any atom is 0.261 e. The fraction of sp³-hybridized carbons (Fsp3) is 0.500. The molecule has 0 bridgehead atoms. The van der Waals surface area contributed by atoms with Crippen LogP contribution in [0.15, 0.2) is 29.3 Å². The number of carbonyl (C=O) groups excluding carboxylic acids is 2. The van der Waals surface area contributed by atoms with E-state index in [4.69, 9.17) is 0 Å². The maximum absolute atomic E-state index is 12.3. The van der Waals surface area contributed by atoms with Crippen molar-refractivity contribution in [2.75, 3.05) is 19.6 Å². The first-order valence-electron chi connectivity index (χ1n) is 8.70. The van der Waals surface area contributed by atoms with E-state index in [1.165, 1.54) is 30.6 Å². The molecule has 1 aliphatic carbocycles. The fourth-order valence-electron chi connectivity index (χ4n) is 3.29. The third-order valence-corrected chi connectivity index (χ3v) is 4.51. The van der Waals surface area contributed by atoms with Crippen LogP contribution in [0.4, 0.5) is 0 Å². The first-order chi connectivity index (χ1) is 11.7. The quantitative estimate of drug-likeness (QED) is 0.491. The van der Waals surface area contributed by atoms with E-state index >= 15 is 0 Å². The summed E-state index contributed by atoms with van der Waals surface area (Å²) in [5.41, 5.74) is 0.977. The third-order valence-electron chi connectivity index (χ3n) is 4.51. The molecule has 6 nitrogen and oxygen atoms in total. The summed E-state index contributed by atoms with van der Waals surface area (Å²) >= 11 is 0. The summed E-state index contributed by atoms with van der Waals surface area (Å²) in [6.45, 7) is 3.50. The van der Waals surface area contributed by atoms with Gasteiger partial charge in [0.15, 0.2) is 5.96 Å². The van der Waals surface area contributed by atoms with Gasteiger partial charge < -0.3 is 10.6 Å². The van der Waals surface area contributed by atoms with Crippen molar-refractivity contribution >= 4 is 17.8 Å². The minimum absolute atomic E-state index is 0.223. The number of benzene rings is 1. The molecular weight excluding hydrogens is 304 g/mol. The molecule has 0 aromatic heterocycles. The molecule has 0 radical (unpaired) electrons. The molecular formula is C18H24N4O2. The Morgan fingerprint density at radius 3 is 2.38 bits per heavy atom. The normalized spacial score (nSPS) is 18.2. The highest BCUT2D eigenvalue weighted by Gasteiger charge is 2.34. The van der Waals surface area contributed by atoms with Crippen molar-refractivity contribution in [1.82, 2.24) is 15.5 Å². The Hall–Kier alpha value is -2.37. The number of amides is 2. The molecule has 1 saturated carbocycles. The Labute approximate surface area is 142 Å². The smallest absolute Gasteiger partial charge is 0.261 e. The van der Waals surface area contributed by atoms with Gasteiger partial charge in [-0.25, -0.2) is 0 Å². The number of imide groups is 1. The van der Waals surface area contributed by atoms with Crippen LogP contribution in [-0.4, -0.2) is 48.3 Å². The molecule has 2 N–H and O–H groups in total. The van der Waals surface area contributed by atoms with Gasteiger partial charge in [-0.05, 0) is 31.9 Å². The van der Waals surface area contributed by atoms with E-state index < -0.39 is 0 Å². The van der Waals surface area contributed by atoms with E-state index in [1.807, 2.05) is 6.92 Å². The molecule has 6 heteroatoms. The summed E-state index contributed by atoms with van der Waals surface area (Å²) in [5.74, 6) is 0.320. The zero-order valence-corrected chi connectivity index (χ0v) is 14.0. The lowest BCUT2D eigenvalue weighted by Crippen LogP contribution is -2.43. The molecule has 1 aromatic carbocycles. The molecule has 0 spiro atoms. The van der Waals surface area contributed by atoms with Crippen molar-refractivity contribution in [3.05, 3.63) is 35.4 Å². The second-order valence-corrected chi connectivity index (χ2v) is 6.19. The Kier molecular flexibility index (Phi) is 5.13. The zero-order chi connectivity index (χ0) is 16.9. The lowest BCUT2D eigenvalue weighted by molar-refractivity contribution is 0.0659. The number of carbonyl (C=O) groups is 2. The van der Waals surface area contributed by atoms with Crippen LogP contribution in [0.1, 0.15) is 53.3 Å². The molecule has 0 atom stereocenters. The van der Waals surface area contributed by atoms with Crippen LogP contribution in [0.25, 0.3) is 0 Å². The third kappa shape index (κ3) is 3.42.